The Bertz CT molecular complexity index is 490. The first-order valence-corrected chi connectivity index (χ1v) is 6.02. The van der Waals surface area contributed by atoms with Gasteiger partial charge in [-0.3, -0.25) is 0 Å². The molecule has 0 N–H and O–H groups in total. The van der Waals surface area contributed by atoms with Gasteiger partial charge in [0.2, 0.25) is 0 Å². The van der Waals surface area contributed by atoms with Crippen LogP contribution in [0.3, 0.4) is 0 Å². The molecular formula is C16H15FO. The molecule has 0 saturated carbocycles. The zero-order chi connectivity index (χ0) is 12.8. The normalized spacial score (nSPS) is 12.1. The van der Waals surface area contributed by atoms with E-state index in [0.29, 0.717) is 6.42 Å². The summed E-state index contributed by atoms with van der Waals surface area (Å²) in [5.74, 6) is -0.131. The van der Waals surface area contributed by atoms with Crippen LogP contribution in [0.2, 0.25) is 0 Å². The van der Waals surface area contributed by atoms with E-state index in [-0.39, 0.29) is 11.7 Å². The van der Waals surface area contributed by atoms with Crippen molar-refractivity contribution in [1.82, 2.24) is 0 Å². The second-order valence-corrected chi connectivity index (χ2v) is 4.34. The van der Waals surface area contributed by atoms with E-state index < -0.39 is 0 Å². The van der Waals surface area contributed by atoms with Gasteiger partial charge in [-0.2, -0.15) is 0 Å². The van der Waals surface area contributed by atoms with Crippen LogP contribution in [0.4, 0.5) is 4.39 Å². The summed E-state index contributed by atoms with van der Waals surface area (Å²) < 4.78 is 12.9. The molecule has 0 bridgehead atoms. The minimum absolute atomic E-state index is 0.116. The number of carbonyl (C=O) groups is 1. The summed E-state index contributed by atoms with van der Waals surface area (Å²) in [6.45, 7) is 0. The molecule has 0 aliphatic rings. The van der Waals surface area contributed by atoms with Crippen molar-refractivity contribution in [2.45, 2.75) is 18.8 Å². The van der Waals surface area contributed by atoms with Gasteiger partial charge >= 0.3 is 0 Å². The second-order valence-electron chi connectivity index (χ2n) is 4.34. The van der Waals surface area contributed by atoms with Crippen molar-refractivity contribution >= 4 is 6.29 Å². The van der Waals surface area contributed by atoms with Crippen LogP contribution in [0.5, 0.6) is 0 Å². The zero-order valence-electron chi connectivity index (χ0n) is 10.1. The number of benzene rings is 2. The molecule has 0 heterocycles. The Morgan fingerprint density at radius 2 is 1.67 bits per heavy atom. The summed E-state index contributed by atoms with van der Waals surface area (Å²) in [6.07, 6.45) is 2.18. The van der Waals surface area contributed by atoms with Gasteiger partial charge in [0.05, 0.1) is 0 Å². The third kappa shape index (κ3) is 3.27. The molecule has 0 radical (unpaired) electrons. The predicted octanol–water partition coefficient (Wildman–Crippen LogP) is 3.74. The van der Waals surface area contributed by atoms with Gasteiger partial charge in [0.15, 0.2) is 0 Å². The maximum absolute atomic E-state index is 12.9. The average molecular weight is 242 g/mol. The fourth-order valence-corrected chi connectivity index (χ4v) is 2.09. The molecule has 2 aromatic carbocycles. The van der Waals surface area contributed by atoms with E-state index in [9.17, 15) is 9.18 Å². The van der Waals surface area contributed by atoms with Gasteiger partial charge in [0.1, 0.15) is 12.1 Å². The van der Waals surface area contributed by atoms with E-state index in [4.69, 9.17) is 0 Å². The number of carbonyl (C=O) groups excluding carboxylic acids is 1. The van der Waals surface area contributed by atoms with E-state index in [1.54, 1.807) is 12.1 Å². The lowest BCUT2D eigenvalue weighted by Crippen LogP contribution is -2.04. The van der Waals surface area contributed by atoms with Gasteiger partial charge in [-0.15, -0.1) is 0 Å². The maximum atomic E-state index is 12.9. The topological polar surface area (TPSA) is 17.1 Å². The molecule has 0 aromatic heterocycles. The van der Waals surface area contributed by atoms with E-state index in [1.807, 2.05) is 30.3 Å². The minimum Gasteiger partial charge on any atom is -0.303 e. The molecule has 18 heavy (non-hydrogen) atoms. The van der Waals surface area contributed by atoms with Gasteiger partial charge in [-0.1, -0.05) is 42.5 Å². The molecule has 0 aliphatic heterocycles. The van der Waals surface area contributed by atoms with Crippen LogP contribution < -0.4 is 0 Å². The largest absolute Gasteiger partial charge is 0.303 e. The molecule has 0 amide bonds. The fourth-order valence-electron chi connectivity index (χ4n) is 2.09. The highest BCUT2D eigenvalue weighted by molar-refractivity contribution is 5.52. The van der Waals surface area contributed by atoms with Crippen LogP contribution in [0.25, 0.3) is 0 Å². The third-order valence-corrected chi connectivity index (χ3v) is 3.05. The zero-order valence-corrected chi connectivity index (χ0v) is 10.1. The minimum atomic E-state index is -0.247. The van der Waals surface area contributed by atoms with Crippen molar-refractivity contribution in [2.24, 2.45) is 0 Å². The van der Waals surface area contributed by atoms with Crippen molar-refractivity contribution in [2.75, 3.05) is 0 Å². The summed E-state index contributed by atoms with van der Waals surface area (Å²) >= 11 is 0. The van der Waals surface area contributed by atoms with Crippen LogP contribution >= 0.6 is 0 Å². The van der Waals surface area contributed by atoms with Crippen molar-refractivity contribution < 1.29 is 9.18 Å². The average Bonchev–Trinajstić information content (AvgIpc) is 2.40. The van der Waals surface area contributed by atoms with E-state index in [0.717, 1.165) is 18.3 Å². The van der Waals surface area contributed by atoms with Gasteiger partial charge in [-0.05, 0) is 35.6 Å². The molecule has 0 fully saturated rings. The summed E-state index contributed by atoms with van der Waals surface area (Å²) in [6, 6.07) is 16.4. The Morgan fingerprint density at radius 3 is 2.28 bits per heavy atom. The lowest BCUT2D eigenvalue weighted by Gasteiger charge is -2.14. The molecule has 92 valence electrons. The van der Waals surface area contributed by atoms with Crippen molar-refractivity contribution in [1.29, 1.82) is 0 Å². The molecule has 0 unspecified atom stereocenters. The van der Waals surface area contributed by atoms with Crippen LogP contribution in [-0.4, -0.2) is 6.29 Å². The first-order chi connectivity index (χ1) is 8.79. The summed E-state index contributed by atoms with van der Waals surface area (Å²) in [4.78, 5) is 10.8. The smallest absolute Gasteiger partial charge is 0.123 e. The molecular weight excluding hydrogens is 227 g/mol. The van der Waals surface area contributed by atoms with Crippen LogP contribution in [0, 0.1) is 5.82 Å². The number of hydrogen-bond acceptors (Lipinski definition) is 1. The van der Waals surface area contributed by atoms with Gasteiger partial charge in [-0.25, -0.2) is 4.39 Å². The van der Waals surface area contributed by atoms with Crippen molar-refractivity contribution in [3.8, 4) is 0 Å². The van der Waals surface area contributed by atoms with Crippen molar-refractivity contribution in [3.05, 3.63) is 71.5 Å². The number of hydrogen-bond donors (Lipinski definition) is 0. The Balaban J connectivity index is 2.18. The highest BCUT2D eigenvalue weighted by Crippen LogP contribution is 2.23. The summed E-state index contributed by atoms with van der Waals surface area (Å²) in [7, 11) is 0. The van der Waals surface area contributed by atoms with Crippen LogP contribution in [0.1, 0.15) is 23.5 Å². The molecule has 1 nitrogen and oxygen atoms in total. The Hall–Kier alpha value is -1.96. The summed E-state index contributed by atoms with van der Waals surface area (Å²) in [5.41, 5.74) is 2.20. The predicted molar refractivity (Wildman–Crippen MR) is 70.0 cm³/mol. The molecule has 1 atom stereocenters. The molecule has 2 rings (SSSR count). The number of aldehydes is 1. The summed E-state index contributed by atoms with van der Waals surface area (Å²) in [5, 5.41) is 0. The molecule has 0 aliphatic carbocycles. The Kier molecular flexibility index (Phi) is 4.24. The van der Waals surface area contributed by atoms with Gasteiger partial charge < -0.3 is 4.79 Å². The highest BCUT2D eigenvalue weighted by Gasteiger charge is 2.12. The third-order valence-electron chi connectivity index (χ3n) is 3.05. The second kappa shape index (κ2) is 6.10. The van der Waals surface area contributed by atoms with E-state index in [1.165, 1.54) is 17.7 Å². The Labute approximate surface area is 106 Å². The SMILES string of the molecule is O=CC[C@H](Cc1ccccc1)c1ccc(F)cc1. The fraction of sp³-hybridized carbons (Fsp3) is 0.188. The quantitative estimate of drug-likeness (QED) is 0.730. The van der Waals surface area contributed by atoms with Crippen molar-refractivity contribution in [3.63, 3.8) is 0 Å². The Morgan fingerprint density at radius 1 is 1.00 bits per heavy atom. The highest BCUT2D eigenvalue weighted by atomic mass is 19.1. The van der Waals surface area contributed by atoms with Gasteiger partial charge in [0, 0.05) is 6.42 Å². The standard InChI is InChI=1S/C16H15FO/c17-16-8-6-14(7-9-16)15(10-11-18)12-13-4-2-1-3-5-13/h1-9,11,15H,10,12H2/t15-/m1/s1. The number of halogens is 1. The molecule has 0 spiro atoms. The van der Waals surface area contributed by atoms with E-state index in [2.05, 4.69) is 0 Å². The first kappa shape index (κ1) is 12.5. The molecule has 2 heteroatoms. The van der Waals surface area contributed by atoms with E-state index >= 15 is 0 Å². The van der Waals surface area contributed by atoms with Crippen LogP contribution in [-0.2, 0) is 11.2 Å². The monoisotopic (exact) mass is 242 g/mol. The lowest BCUT2D eigenvalue weighted by atomic mass is 9.90. The molecule has 2 aromatic rings. The maximum Gasteiger partial charge on any atom is 0.123 e. The molecule has 0 saturated heterocycles. The van der Waals surface area contributed by atoms with Gasteiger partial charge in [0.25, 0.3) is 0 Å². The lowest BCUT2D eigenvalue weighted by molar-refractivity contribution is -0.108. The number of rotatable bonds is 5. The first-order valence-electron chi connectivity index (χ1n) is 6.02. The van der Waals surface area contributed by atoms with Crippen LogP contribution in [0.15, 0.2) is 54.6 Å².